The number of aromatic nitrogens is 2. The first-order valence-electron chi connectivity index (χ1n) is 16.1. The second-order valence-corrected chi connectivity index (χ2v) is 12.5. The van der Waals surface area contributed by atoms with Gasteiger partial charge in [-0.15, -0.1) is 0 Å². The zero-order valence-corrected chi connectivity index (χ0v) is 27.5. The van der Waals surface area contributed by atoms with E-state index in [1.165, 1.54) is 23.5 Å². The first-order valence-corrected chi connectivity index (χ1v) is 16.1. The molecule has 47 heavy (non-hydrogen) atoms. The molecule has 0 bridgehead atoms. The first-order chi connectivity index (χ1) is 22.5. The van der Waals surface area contributed by atoms with Crippen LogP contribution in [0.25, 0.3) is 10.8 Å². The number of hydrogen-bond donors (Lipinski definition) is 3. The summed E-state index contributed by atoms with van der Waals surface area (Å²) in [4.78, 5) is 74.9. The predicted octanol–water partition coefficient (Wildman–Crippen LogP) is 2.81. The van der Waals surface area contributed by atoms with E-state index < -0.39 is 53.9 Å². The molecule has 0 aliphatic carbocycles. The number of benzene rings is 2. The van der Waals surface area contributed by atoms with Crippen molar-refractivity contribution in [2.75, 3.05) is 6.54 Å². The lowest BCUT2D eigenvalue weighted by Gasteiger charge is -2.32. The Balaban J connectivity index is 1.53. The standard InChI is InChI=1S/C35H44N6O6/c1-6-25(19-42)38-33(44)29-16-26(47-20-24-12-9-11-23-10-7-8-13-27(23)24)18-41(29)35(46)31(22(4)5)40-34(45)30(21(2)3)39-32(43)28-17-36-14-15-37-28/h7-15,17,19,21-22,25-26,29-31H,6,16,18,20H2,1-5H3,(H,38,44)(H,39,43)(H,40,45)/t25-,26+,29-,30-,31-/m0/s1. The van der Waals surface area contributed by atoms with E-state index in [1.54, 1.807) is 34.6 Å². The third-order valence-corrected chi connectivity index (χ3v) is 8.40. The van der Waals surface area contributed by atoms with Gasteiger partial charge in [-0.3, -0.25) is 24.2 Å². The van der Waals surface area contributed by atoms with Crippen molar-refractivity contribution in [1.29, 1.82) is 0 Å². The van der Waals surface area contributed by atoms with Gasteiger partial charge in [0.25, 0.3) is 5.91 Å². The number of hydrogen-bond acceptors (Lipinski definition) is 8. The van der Waals surface area contributed by atoms with Crippen LogP contribution in [0.4, 0.5) is 0 Å². The van der Waals surface area contributed by atoms with Crippen LogP contribution in [0.1, 0.15) is 63.5 Å². The van der Waals surface area contributed by atoms with Crippen LogP contribution in [0.3, 0.4) is 0 Å². The van der Waals surface area contributed by atoms with E-state index in [1.807, 2.05) is 42.5 Å². The number of amides is 4. The Bertz CT molecular complexity index is 1560. The number of carbonyl (C=O) groups excluding carboxylic acids is 5. The summed E-state index contributed by atoms with van der Waals surface area (Å²) in [6.45, 7) is 9.34. The van der Waals surface area contributed by atoms with Crippen LogP contribution in [0, 0.1) is 11.8 Å². The molecule has 2 heterocycles. The Morgan fingerprint density at radius 3 is 2.34 bits per heavy atom. The smallest absolute Gasteiger partial charge is 0.272 e. The molecule has 1 aromatic heterocycles. The van der Waals surface area contributed by atoms with Crippen molar-refractivity contribution in [3.63, 3.8) is 0 Å². The van der Waals surface area contributed by atoms with Crippen molar-refractivity contribution in [2.45, 2.75) is 84.3 Å². The van der Waals surface area contributed by atoms with E-state index in [9.17, 15) is 24.0 Å². The highest BCUT2D eigenvalue weighted by Crippen LogP contribution is 2.26. The number of likely N-dealkylation sites (tertiary alicyclic amines) is 1. The van der Waals surface area contributed by atoms with Gasteiger partial charge in [-0.1, -0.05) is 77.1 Å². The Morgan fingerprint density at radius 1 is 0.957 bits per heavy atom. The lowest BCUT2D eigenvalue weighted by Crippen LogP contribution is -2.59. The Kier molecular flexibility index (Phi) is 12.1. The van der Waals surface area contributed by atoms with Gasteiger partial charge in [-0.25, -0.2) is 4.98 Å². The number of nitrogens with zero attached hydrogens (tertiary/aromatic N) is 3. The summed E-state index contributed by atoms with van der Waals surface area (Å²) in [6.07, 6.45) is 4.95. The van der Waals surface area contributed by atoms with Crippen LogP contribution in [0.5, 0.6) is 0 Å². The van der Waals surface area contributed by atoms with Crippen molar-refractivity contribution in [3.8, 4) is 0 Å². The molecule has 4 rings (SSSR count). The van der Waals surface area contributed by atoms with Crippen molar-refractivity contribution in [2.24, 2.45) is 11.8 Å². The summed E-state index contributed by atoms with van der Waals surface area (Å²) >= 11 is 0. The summed E-state index contributed by atoms with van der Waals surface area (Å²) in [5.41, 5.74) is 1.04. The van der Waals surface area contributed by atoms with E-state index >= 15 is 0 Å². The number of ether oxygens (including phenoxy) is 1. The molecule has 4 amide bonds. The molecular weight excluding hydrogens is 600 g/mol. The van der Waals surface area contributed by atoms with Crippen LogP contribution < -0.4 is 16.0 Å². The van der Waals surface area contributed by atoms with Crippen LogP contribution in [0.15, 0.2) is 61.1 Å². The van der Waals surface area contributed by atoms with Crippen LogP contribution in [-0.2, 0) is 30.5 Å². The largest absolute Gasteiger partial charge is 0.372 e. The van der Waals surface area contributed by atoms with Gasteiger partial charge < -0.3 is 30.4 Å². The highest BCUT2D eigenvalue weighted by atomic mass is 16.5. The zero-order chi connectivity index (χ0) is 34.1. The van der Waals surface area contributed by atoms with E-state index in [0.29, 0.717) is 12.7 Å². The summed E-state index contributed by atoms with van der Waals surface area (Å²) in [6, 6.07) is 10.4. The van der Waals surface area contributed by atoms with E-state index in [4.69, 9.17) is 4.74 Å². The molecular formula is C35H44N6O6. The lowest BCUT2D eigenvalue weighted by atomic mass is 9.98. The number of nitrogens with one attached hydrogen (secondary N) is 3. The summed E-state index contributed by atoms with van der Waals surface area (Å²) in [5, 5.41) is 10.4. The molecule has 0 saturated carbocycles. The molecule has 3 N–H and O–H groups in total. The minimum Gasteiger partial charge on any atom is -0.372 e. The topological polar surface area (TPSA) is 160 Å². The number of carbonyl (C=O) groups is 5. The SMILES string of the molecule is CC[C@@H](C=O)NC(=O)[C@@H]1C[C@@H](OCc2cccc3ccccc23)CN1C(=O)[C@@H](NC(=O)[C@@H](NC(=O)c1cnccn1)C(C)C)C(C)C. The maximum atomic E-state index is 14.2. The van der Waals surface area contributed by atoms with E-state index in [0.717, 1.165) is 16.3 Å². The number of fused-ring (bicyclic) bond motifs is 1. The Labute approximate surface area is 275 Å². The molecule has 2 aromatic carbocycles. The van der Waals surface area contributed by atoms with Crippen molar-refractivity contribution >= 4 is 40.7 Å². The maximum Gasteiger partial charge on any atom is 0.272 e. The molecule has 250 valence electrons. The van der Waals surface area contributed by atoms with Gasteiger partial charge in [0.1, 0.15) is 30.1 Å². The molecule has 3 aromatic rings. The lowest BCUT2D eigenvalue weighted by molar-refractivity contribution is -0.143. The molecule has 12 nitrogen and oxygen atoms in total. The van der Waals surface area contributed by atoms with Crippen molar-refractivity contribution < 1.29 is 28.7 Å². The molecule has 5 atom stereocenters. The Hall–Kier alpha value is -4.71. The average molecular weight is 645 g/mol. The predicted molar refractivity (Wildman–Crippen MR) is 176 cm³/mol. The van der Waals surface area contributed by atoms with Gasteiger partial charge >= 0.3 is 0 Å². The average Bonchev–Trinajstić information content (AvgIpc) is 3.51. The van der Waals surface area contributed by atoms with Crippen molar-refractivity contribution in [1.82, 2.24) is 30.8 Å². The van der Waals surface area contributed by atoms with Gasteiger partial charge in [0.05, 0.1) is 24.9 Å². The fraction of sp³-hybridized carbons (Fsp3) is 0.457. The van der Waals surface area contributed by atoms with E-state index in [-0.39, 0.29) is 37.1 Å². The summed E-state index contributed by atoms with van der Waals surface area (Å²) < 4.78 is 6.30. The zero-order valence-electron chi connectivity index (χ0n) is 27.5. The fourth-order valence-electron chi connectivity index (χ4n) is 5.65. The van der Waals surface area contributed by atoms with Gasteiger partial charge in [-0.05, 0) is 34.6 Å². The van der Waals surface area contributed by atoms with Crippen LogP contribution >= 0.6 is 0 Å². The van der Waals surface area contributed by atoms with Crippen LogP contribution in [0.2, 0.25) is 0 Å². The maximum absolute atomic E-state index is 14.2. The molecule has 12 heteroatoms. The quantitative estimate of drug-likeness (QED) is 0.226. The number of rotatable bonds is 14. The number of aldehydes is 1. The molecule has 1 aliphatic heterocycles. The molecule has 0 spiro atoms. The normalized spacial score (nSPS) is 18.1. The summed E-state index contributed by atoms with van der Waals surface area (Å²) in [5.74, 6) is -2.69. The molecule has 0 radical (unpaired) electrons. The van der Waals surface area contributed by atoms with Gasteiger partial charge in [0.2, 0.25) is 17.7 Å². The highest BCUT2D eigenvalue weighted by Gasteiger charge is 2.44. The summed E-state index contributed by atoms with van der Waals surface area (Å²) in [7, 11) is 0. The first kappa shape index (κ1) is 35.1. The van der Waals surface area contributed by atoms with Gasteiger partial charge in [0.15, 0.2) is 0 Å². The second kappa shape index (κ2) is 16.2. The fourth-order valence-corrected chi connectivity index (χ4v) is 5.65. The molecule has 0 unspecified atom stereocenters. The van der Waals surface area contributed by atoms with Gasteiger partial charge in [0, 0.05) is 25.4 Å². The molecule has 1 saturated heterocycles. The monoisotopic (exact) mass is 644 g/mol. The Morgan fingerprint density at radius 2 is 1.68 bits per heavy atom. The third-order valence-electron chi connectivity index (χ3n) is 8.40. The van der Waals surface area contributed by atoms with E-state index in [2.05, 4.69) is 25.9 Å². The molecule has 1 aliphatic rings. The third kappa shape index (κ3) is 8.76. The minimum absolute atomic E-state index is 0.0589. The second-order valence-electron chi connectivity index (χ2n) is 12.5. The minimum atomic E-state index is -1.00. The molecule has 1 fully saturated rings. The van der Waals surface area contributed by atoms with Crippen LogP contribution in [-0.4, -0.2) is 81.6 Å². The van der Waals surface area contributed by atoms with Gasteiger partial charge in [-0.2, -0.15) is 0 Å². The van der Waals surface area contributed by atoms with Crippen molar-refractivity contribution in [3.05, 3.63) is 72.3 Å². The highest BCUT2D eigenvalue weighted by molar-refractivity contribution is 5.98.